The number of furan rings is 1. The summed E-state index contributed by atoms with van der Waals surface area (Å²) in [6.45, 7) is 2.90. The molecular weight excluding hydrogens is 344 g/mol. The van der Waals surface area contributed by atoms with Crippen LogP contribution >= 0.6 is 0 Å². The van der Waals surface area contributed by atoms with Crippen LogP contribution in [-0.2, 0) is 0 Å². The zero-order valence-corrected chi connectivity index (χ0v) is 14.8. The molecule has 3 heterocycles. The van der Waals surface area contributed by atoms with Crippen LogP contribution in [-0.4, -0.2) is 19.1 Å². The molecule has 0 saturated carbocycles. The van der Waals surface area contributed by atoms with Crippen molar-refractivity contribution in [2.24, 2.45) is 0 Å². The van der Waals surface area contributed by atoms with Gasteiger partial charge in [-0.1, -0.05) is 12.1 Å². The zero-order valence-electron chi connectivity index (χ0n) is 14.8. The van der Waals surface area contributed by atoms with Crippen molar-refractivity contribution in [1.82, 2.24) is 0 Å². The smallest absolute Gasteiger partial charge is 0.262 e. The highest BCUT2D eigenvalue weighted by Gasteiger charge is 2.36. The van der Waals surface area contributed by atoms with Crippen LogP contribution in [0.1, 0.15) is 28.0 Å². The van der Waals surface area contributed by atoms with Gasteiger partial charge < -0.3 is 19.2 Å². The fraction of sp³-hybridized carbons (Fsp3) is 0.190. The van der Waals surface area contributed by atoms with Crippen molar-refractivity contribution in [3.8, 4) is 11.5 Å². The van der Waals surface area contributed by atoms with E-state index < -0.39 is 6.17 Å². The van der Waals surface area contributed by atoms with E-state index in [9.17, 15) is 4.79 Å². The Balaban J connectivity index is 1.63. The average Bonchev–Trinajstić information content (AvgIpc) is 3.14. The maximum Gasteiger partial charge on any atom is 0.262 e. The molecule has 27 heavy (non-hydrogen) atoms. The molecule has 2 aliphatic rings. The van der Waals surface area contributed by atoms with Crippen LogP contribution in [0.2, 0.25) is 0 Å². The number of carbonyl (C=O) groups excluding carboxylic acids is 1. The fourth-order valence-corrected chi connectivity index (χ4v) is 3.50. The summed E-state index contributed by atoms with van der Waals surface area (Å²) in [6, 6.07) is 16.8. The Labute approximate surface area is 156 Å². The van der Waals surface area contributed by atoms with Crippen LogP contribution in [0.4, 0.5) is 11.4 Å². The van der Waals surface area contributed by atoms with Gasteiger partial charge in [0, 0.05) is 11.8 Å². The molecule has 1 atom stereocenters. The second-order valence-electron chi connectivity index (χ2n) is 6.54. The number of amides is 1. The largest absolute Gasteiger partial charge is 0.486 e. The van der Waals surface area contributed by atoms with Gasteiger partial charge in [0.15, 0.2) is 17.7 Å². The van der Waals surface area contributed by atoms with E-state index in [-0.39, 0.29) is 5.91 Å². The molecule has 1 unspecified atom stereocenters. The standard InChI is InChI=1S/C21H18N2O4/c1-13-6-8-18(27-13)20-22-16-5-3-2-4-15(16)21(24)23(20)14-7-9-17-19(12-14)26-11-10-25-17/h2-9,12,20,22H,10-11H2,1H3. The molecule has 2 aliphatic heterocycles. The van der Waals surface area contributed by atoms with Crippen molar-refractivity contribution in [1.29, 1.82) is 0 Å². The minimum absolute atomic E-state index is 0.0971. The number of benzene rings is 2. The number of anilines is 2. The number of nitrogens with zero attached hydrogens (tertiary/aromatic N) is 1. The van der Waals surface area contributed by atoms with Gasteiger partial charge in [0.25, 0.3) is 5.91 Å². The molecule has 1 amide bonds. The number of aryl methyl sites for hydroxylation is 1. The molecule has 136 valence electrons. The summed E-state index contributed by atoms with van der Waals surface area (Å²) in [7, 11) is 0. The molecule has 0 radical (unpaired) electrons. The summed E-state index contributed by atoms with van der Waals surface area (Å²) >= 11 is 0. The topological polar surface area (TPSA) is 63.9 Å². The van der Waals surface area contributed by atoms with Crippen LogP contribution < -0.4 is 19.7 Å². The minimum Gasteiger partial charge on any atom is -0.486 e. The van der Waals surface area contributed by atoms with Crippen molar-refractivity contribution in [2.75, 3.05) is 23.4 Å². The lowest BCUT2D eigenvalue weighted by Gasteiger charge is -2.37. The lowest BCUT2D eigenvalue weighted by molar-refractivity contribution is 0.0971. The Hall–Kier alpha value is -3.41. The summed E-state index contributed by atoms with van der Waals surface area (Å²) in [4.78, 5) is 15.0. The number of nitrogens with one attached hydrogen (secondary N) is 1. The first-order chi connectivity index (χ1) is 13.2. The predicted octanol–water partition coefficient (Wildman–Crippen LogP) is 4.13. The SMILES string of the molecule is Cc1ccc(C2Nc3ccccc3C(=O)N2c2ccc3c(c2)OCCO3)o1. The molecule has 3 aromatic rings. The van der Waals surface area contributed by atoms with Crippen molar-refractivity contribution in [3.63, 3.8) is 0 Å². The van der Waals surface area contributed by atoms with Gasteiger partial charge in [-0.25, -0.2) is 0 Å². The van der Waals surface area contributed by atoms with Gasteiger partial charge in [0.2, 0.25) is 0 Å². The Kier molecular flexibility index (Phi) is 3.57. The number of hydrogen-bond acceptors (Lipinski definition) is 5. The monoisotopic (exact) mass is 362 g/mol. The highest BCUT2D eigenvalue weighted by Crippen LogP contribution is 2.40. The quantitative estimate of drug-likeness (QED) is 0.743. The number of carbonyl (C=O) groups is 1. The molecule has 0 aliphatic carbocycles. The second kappa shape index (κ2) is 6.09. The third kappa shape index (κ3) is 2.61. The van der Waals surface area contributed by atoms with E-state index in [4.69, 9.17) is 13.9 Å². The lowest BCUT2D eigenvalue weighted by Crippen LogP contribution is -2.43. The summed E-state index contributed by atoms with van der Waals surface area (Å²) < 4.78 is 17.1. The first kappa shape index (κ1) is 15.8. The number of hydrogen-bond donors (Lipinski definition) is 1. The number of ether oxygens (including phenoxy) is 2. The molecule has 2 aromatic carbocycles. The molecule has 0 saturated heterocycles. The summed E-state index contributed by atoms with van der Waals surface area (Å²) in [6.07, 6.45) is -0.455. The lowest BCUT2D eigenvalue weighted by atomic mass is 10.1. The summed E-state index contributed by atoms with van der Waals surface area (Å²) in [5, 5.41) is 3.42. The maximum absolute atomic E-state index is 13.3. The first-order valence-electron chi connectivity index (χ1n) is 8.86. The molecular formula is C21H18N2O4. The maximum atomic E-state index is 13.3. The zero-order chi connectivity index (χ0) is 18.4. The van der Waals surface area contributed by atoms with Crippen molar-refractivity contribution in [3.05, 3.63) is 71.7 Å². The highest BCUT2D eigenvalue weighted by molar-refractivity contribution is 6.12. The van der Waals surface area contributed by atoms with E-state index in [1.54, 1.807) is 4.90 Å². The van der Waals surface area contributed by atoms with Gasteiger partial charge in [0.1, 0.15) is 24.7 Å². The van der Waals surface area contributed by atoms with Crippen LogP contribution in [0.25, 0.3) is 0 Å². The van der Waals surface area contributed by atoms with E-state index in [1.165, 1.54) is 0 Å². The Morgan fingerprint density at radius 2 is 1.81 bits per heavy atom. The number of fused-ring (bicyclic) bond motifs is 2. The van der Waals surface area contributed by atoms with Crippen LogP contribution in [0, 0.1) is 6.92 Å². The normalized spacial score (nSPS) is 18.0. The molecule has 6 nitrogen and oxygen atoms in total. The molecule has 1 N–H and O–H groups in total. The molecule has 0 fully saturated rings. The number of para-hydroxylation sites is 1. The van der Waals surface area contributed by atoms with E-state index in [1.807, 2.05) is 61.5 Å². The number of rotatable bonds is 2. The van der Waals surface area contributed by atoms with E-state index in [2.05, 4.69) is 5.32 Å². The van der Waals surface area contributed by atoms with Gasteiger partial charge in [-0.2, -0.15) is 0 Å². The van der Waals surface area contributed by atoms with Crippen LogP contribution in [0.3, 0.4) is 0 Å². The molecule has 0 spiro atoms. The third-order valence-electron chi connectivity index (χ3n) is 4.76. The molecule has 0 bridgehead atoms. The third-order valence-corrected chi connectivity index (χ3v) is 4.76. The Morgan fingerprint density at radius 3 is 2.63 bits per heavy atom. The van der Waals surface area contributed by atoms with E-state index >= 15 is 0 Å². The predicted molar refractivity (Wildman–Crippen MR) is 100 cm³/mol. The van der Waals surface area contributed by atoms with Crippen molar-refractivity contribution < 1.29 is 18.7 Å². The van der Waals surface area contributed by atoms with Gasteiger partial charge in [-0.15, -0.1) is 0 Å². The van der Waals surface area contributed by atoms with E-state index in [0.717, 1.165) is 11.4 Å². The van der Waals surface area contributed by atoms with E-state index in [0.29, 0.717) is 41.7 Å². The minimum atomic E-state index is -0.455. The molecule has 6 heteroatoms. The highest BCUT2D eigenvalue weighted by atomic mass is 16.6. The Morgan fingerprint density at radius 1 is 1.00 bits per heavy atom. The molecule has 5 rings (SSSR count). The van der Waals surface area contributed by atoms with Gasteiger partial charge in [-0.3, -0.25) is 9.69 Å². The van der Waals surface area contributed by atoms with Gasteiger partial charge in [-0.05, 0) is 43.3 Å². The van der Waals surface area contributed by atoms with Crippen LogP contribution in [0.5, 0.6) is 11.5 Å². The van der Waals surface area contributed by atoms with Crippen molar-refractivity contribution in [2.45, 2.75) is 13.1 Å². The molecule has 1 aromatic heterocycles. The Bertz CT molecular complexity index is 1030. The second-order valence-corrected chi connectivity index (χ2v) is 6.54. The summed E-state index contributed by atoms with van der Waals surface area (Å²) in [5.74, 6) is 2.69. The van der Waals surface area contributed by atoms with Crippen LogP contribution in [0.15, 0.2) is 59.0 Å². The fourth-order valence-electron chi connectivity index (χ4n) is 3.50. The van der Waals surface area contributed by atoms with Gasteiger partial charge in [0.05, 0.1) is 11.3 Å². The van der Waals surface area contributed by atoms with Crippen molar-refractivity contribution >= 4 is 17.3 Å². The summed E-state index contributed by atoms with van der Waals surface area (Å²) in [5.41, 5.74) is 2.12. The average molecular weight is 362 g/mol. The first-order valence-corrected chi connectivity index (χ1v) is 8.86. The van der Waals surface area contributed by atoms with Gasteiger partial charge >= 0.3 is 0 Å².